The summed E-state index contributed by atoms with van der Waals surface area (Å²) in [4.78, 5) is 39.0. The van der Waals surface area contributed by atoms with Crippen molar-refractivity contribution in [3.8, 4) is 0 Å². The molecule has 0 aliphatic carbocycles. The molecule has 0 saturated carbocycles. The predicted molar refractivity (Wildman–Crippen MR) is 105 cm³/mol. The summed E-state index contributed by atoms with van der Waals surface area (Å²) in [5, 5.41) is 2.88. The van der Waals surface area contributed by atoms with Crippen LogP contribution in [0.5, 0.6) is 0 Å². The number of rotatable bonds is 4. The third-order valence-corrected chi connectivity index (χ3v) is 4.86. The molecule has 134 valence electrons. The Morgan fingerprint density at radius 3 is 2.38 bits per heavy atom. The number of halogens is 1. The number of Topliss-reactive ketones (excluding diaryl/α,β-unsaturated/α-hetero) is 1. The summed E-state index contributed by atoms with van der Waals surface area (Å²) < 4.78 is 0.715. The molecule has 0 fully saturated rings. The van der Waals surface area contributed by atoms with Gasteiger partial charge in [0.15, 0.2) is 0 Å². The van der Waals surface area contributed by atoms with Crippen molar-refractivity contribution in [1.82, 2.24) is 0 Å². The number of carbonyl (C=O) groups excluding carboxylic acids is 3. The molecule has 0 spiro atoms. The van der Waals surface area contributed by atoms with Crippen LogP contribution in [0.4, 0.5) is 11.4 Å². The van der Waals surface area contributed by atoms with Crippen LogP contribution in [0.2, 0.25) is 0 Å². The zero-order valence-corrected chi connectivity index (χ0v) is 16.4. The summed E-state index contributed by atoms with van der Waals surface area (Å²) in [6.07, 6.45) is 0.394. The van der Waals surface area contributed by atoms with Crippen LogP contribution in [-0.4, -0.2) is 23.6 Å². The van der Waals surface area contributed by atoms with Crippen molar-refractivity contribution in [2.45, 2.75) is 33.2 Å². The molecule has 2 aromatic carbocycles. The van der Waals surface area contributed by atoms with E-state index >= 15 is 0 Å². The zero-order valence-electron chi connectivity index (χ0n) is 14.8. The van der Waals surface area contributed by atoms with E-state index in [0.717, 1.165) is 11.1 Å². The van der Waals surface area contributed by atoms with Crippen LogP contribution in [0, 0.1) is 13.8 Å². The molecule has 26 heavy (non-hydrogen) atoms. The standard InChI is InChI=1S/C20H19BrN2O3/c1-4-16(19(25)22-14-8-11(2)7-12(3)9-14)23-17-6-5-13(21)10-15(17)18(24)20(23)26/h5-10,16H,4H2,1-3H3,(H,22,25). The van der Waals surface area contributed by atoms with E-state index in [4.69, 9.17) is 0 Å². The second kappa shape index (κ2) is 7.03. The third kappa shape index (κ3) is 3.29. The first-order valence-corrected chi connectivity index (χ1v) is 9.17. The van der Waals surface area contributed by atoms with Crippen molar-refractivity contribution in [3.63, 3.8) is 0 Å². The molecule has 1 aliphatic heterocycles. The molecular formula is C20H19BrN2O3. The Morgan fingerprint density at radius 1 is 1.12 bits per heavy atom. The molecule has 2 aromatic rings. The maximum Gasteiger partial charge on any atom is 0.300 e. The Hall–Kier alpha value is -2.47. The van der Waals surface area contributed by atoms with Gasteiger partial charge in [0.05, 0.1) is 11.3 Å². The van der Waals surface area contributed by atoms with Crippen molar-refractivity contribution in [2.75, 3.05) is 10.2 Å². The predicted octanol–water partition coefficient (Wildman–Crippen LogP) is 4.01. The molecule has 0 saturated heterocycles. The molecule has 0 radical (unpaired) electrons. The minimum absolute atomic E-state index is 0.311. The lowest BCUT2D eigenvalue weighted by Crippen LogP contribution is -2.46. The number of fused-ring (bicyclic) bond motifs is 1. The van der Waals surface area contributed by atoms with Gasteiger partial charge in [0.2, 0.25) is 5.91 Å². The molecule has 0 aromatic heterocycles. The van der Waals surface area contributed by atoms with Crippen molar-refractivity contribution >= 4 is 44.9 Å². The molecule has 1 N–H and O–H groups in total. The van der Waals surface area contributed by atoms with Crippen LogP contribution in [0.25, 0.3) is 0 Å². The number of benzene rings is 2. The van der Waals surface area contributed by atoms with Crippen molar-refractivity contribution < 1.29 is 14.4 Å². The molecule has 1 atom stereocenters. The number of ketones is 1. The largest absolute Gasteiger partial charge is 0.324 e. The van der Waals surface area contributed by atoms with Gasteiger partial charge in [-0.3, -0.25) is 19.3 Å². The van der Waals surface area contributed by atoms with Gasteiger partial charge in [-0.15, -0.1) is 0 Å². The van der Waals surface area contributed by atoms with Crippen LogP contribution in [0.15, 0.2) is 40.9 Å². The summed E-state index contributed by atoms with van der Waals surface area (Å²) in [5.41, 5.74) is 3.56. The molecule has 0 bridgehead atoms. The van der Waals surface area contributed by atoms with E-state index in [1.54, 1.807) is 18.2 Å². The summed E-state index contributed by atoms with van der Waals surface area (Å²) in [6, 6.07) is 10.1. The number of carbonyl (C=O) groups is 3. The normalized spacial score (nSPS) is 14.4. The van der Waals surface area contributed by atoms with Crippen LogP contribution in [-0.2, 0) is 9.59 Å². The van der Waals surface area contributed by atoms with E-state index < -0.39 is 17.7 Å². The Labute approximate surface area is 160 Å². The summed E-state index contributed by atoms with van der Waals surface area (Å²) in [7, 11) is 0. The highest BCUT2D eigenvalue weighted by atomic mass is 79.9. The highest BCUT2D eigenvalue weighted by molar-refractivity contribution is 9.10. The first-order chi connectivity index (χ1) is 12.3. The monoisotopic (exact) mass is 414 g/mol. The van der Waals surface area contributed by atoms with E-state index in [1.807, 2.05) is 39.0 Å². The summed E-state index contributed by atoms with van der Waals surface area (Å²) in [6.45, 7) is 5.73. The number of hydrogen-bond donors (Lipinski definition) is 1. The van der Waals surface area contributed by atoms with Crippen molar-refractivity contribution in [3.05, 3.63) is 57.6 Å². The highest BCUT2D eigenvalue weighted by Crippen LogP contribution is 2.33. The maximum absolute atomic E-state index is 12.9. The molecule has 1 unspecified atom stereocenters. The third-order valence-electron chi connectivity index (χ3n) is 4.37. The number of nitrogens with one attached hydrogen (secondary N) is 1. The van der Waals surface area contributed by atoms with Gasteiger partial charge in [-0.2, -0.15) is 0 Å². The first kappa shape index (κ1) is 18.3. The average molecular weight is 415 g/mol. The Kier molecular flexibility index (Phi) is 4.96. The Bertz CT molecular complexity index is 903. The van der Waals surface area contributed by atoms with Crippen LogP contribution >= 0.6 is 15.9 Å². The SMILES string of the molecule is CCC(C(=O)Nc1cc(C)cc(C)c1)N1C(=O)C(=O)c2cc(Br)ccc21. The van der Waals surface area contributed by atoms with Gasteiger partial charge < -0.3 is 5.32 Å². The fourth-order valence-corrected chi connectivity index (χ4v) is 3.66. The minimum atomic E-state index is -0.755. The van der Waals surface area contributed by atoms with E-state index in [2.05, 4.69) is 21.2 Å². The number of amides is 2. The van der Waals surface area contributed by atoms with Gasteiger partial charge in [-0.05, 0) is 61.7 Å². The number of anilines is 2. The molecule has 2 amide bonds. The average Bonchev–Trinajstić information content (AvgIpc) is 2.79. The quantitative estimate of drug-likeness (QED) is 0.768. The molecule has 5 nitrogen and oxygen atoms in total. The van der Waals surface area contributed by atoms with Gasteiger partial charge in [0.1, 0.15) is 6.04 Å². The van der Waals surface area contributed by atoms with E-state index in [-0.39, 0.29) is 5.91 Å². The van der Waals surface area contributed by atoms with Gasteiger partial charge >= 0.3 is 0 Å². The van der Waals surface area contributed by atoms with E-state index in [9.17, 15) is 14.4 Å². The lowest BCUT2D eigenvalue weighted by Gasteiger charge is -2.26. The number of nitrogens with zero attached hydrogens (tertiary/aromatic N) is 1. The summed E-state index contributed by atoms with van der Waals surface area (Å²) >= 11 is 3.31. The second-order valence-electron chi connectivity index (χ2n) is 6.46. The Morgan fingerprint density at radius 2 is 1.77 bits per heavy atom. The summed E-state index contributed by atoms with van der Waals surface area (Å²) in [5.74, 6) is -1.56. The number of hydrogen-bond acceptors (Lipinski definition) is 3. The van der Waals surface area contributed by atoms with E-state index in [1.165, 1.54) is 4.90 Å². The van der Waals surface area contributed by atoms with E-state index in [0.29, 0.717) is 27.8 Å². The first-order valence-electron chi connectivity index (χ1n) is 8.38. The molecule has 1 heterocycles. The molecule has 6 heteroatoms. The van der Waals surface area contributed by atoms with Crippen molar-refractivity contribution in [2.24, 2.45) is 0 Å². The second-order valence-corrected chi connectivity index (χ2v) is 7.37. The molecule has 1 aliphatic rings. The van der Waals surface area contributed by atoms with Crippen LogP contribution < -0.4 is 10.2 Å². The van der Waals surface area contributed by atoms with Crippen LogP contribution in [0.3, 0.4) is 0 Å². The molecule has 3 rings (SSSR count). The lowest BCUT2D eigenvalue weighted by molar-refractivity contribution is -0.121. The molecular weight excluding hydrogens is 396 g/mol. The fraction of sp³-hybridized carbons (Fsp3) is 0.250. The lowest BCUT2D eigenvalue weighted by atomic mass is 10.1. The topological polar surface area (TPSA) is 66.5 Å². The highest BCUT2D eigenvalue weighted by Gasteiger charge is 2.41. The fourth-order valence-electron chi connectivity index (χ4n) is 3.30. The Balaban J connectivity index is 1.92. The number of aryl methyl sites for hydroxylation is 2. The zero-order chi connectivity index (χ0) is 19.0. The van der Waals surface area contributed by atoms with Gasteiger partial charge in [-0.1, -0.05) is 28.9 Å². The van der Waals surface area contributed by atoms with Gasteiger partial charge in [-0.25, -0.2) is 0 Å². The van der Waals surface area contributed by atoms with Gasteiger partial charge in [0.25, 0.3) is 11.7 Å². The van der Waals surface area contributed by atoms with Crippen molar-refractivity contribution in [1.29, 1.82) is 0 Å². The van der Waals surface area contributed by atoms with Crippen LogP contribution in [0.1, 0.15) is 34.8 Å². The minimum Gasteiger partial charge on any atom is -0.324 e. The smallest absolute Gasteiger partial charge is 0.300 e. The van der Waals surface area contributed by atoms with Gasteiger partial charge in [0, 0.05) is 10.2 Å². The maximum atomic E-state index is 12.9.